The van der Waals surface area contributed by atoms with Crippen LogP contribution in [-0.2, 0) is 0 Å². The third kappa shape index (κ3) is 4.82. The standard InChI is InChI=1S/C14H21F2N/c1-10(2)5-4-6-14(17-3)11-7-12(15)9-13(16)8-11/h7-10,14,17H,4-6H2,1-3H3. The summed E-state index contributed by atoms with van der Waals surface area (Å²) >= 11 is 0. The van der Waals surface area contributed by atoms with E-state index in [2.05, 4.69) is 19.2 Å². The van der Waals surface area contributed by atoms with E-state index in [1.165, 1.54) is 12.1 Å². The summed E-state index contributed by atoms with van der Waals surface area (Å²) in [5, 5.41) is 3.11. The van der Waals surface area contributed by atoms with Crippen LogP contribution in [0, 0.1) is 17.6 Å². The van der Waals surface area contributed by atoms with E-state index in [9.17, 15) is 8.78 Å². The van der Waals surface area contributed by atoms with Crippen molar-refractivity contribution in [3.63, 3.8) is 0 Å². The quantitative estimate of drug-likeness (QED) is 0.792. The molecule has 0 heterocycles. The topological polar surface area (TPSA) is 12.0 Å². The summed E-state index contributed by atoms with van der Waals surface area (Å²) in [6.45, 7) is 4.35. The van der Waals surface area contributed by atoms with Gasteiger partial charge in [0.05, 0.1) is 0 Å². The first-order chi connectivity index (χ1) is 8.02. The van der Waals surface area contributed by atoms with Crippen LogP contribution in [-0.4, -0.2) is 7.05 Å². The lowest BCUT2D eigenvalue weighted by Crippen LogP contribution is -2.17. The number of halogens is 2. The second kappa shape index (κ2) is 6.70. The summed E-state index contributed by atoms with van der Waals surface area (Å²) in [6.07, 6.45) is 3.09. The van der Waals surface area contributed by atoms with E-state index < -0.39 is 11.6 Å². The average molecular weight is 241 g/mol. The minimum atomic E-state index is -0.510. The third-order valence-corrected chi connectivity index (χ3v) is 2.91. The van der Waals surface area contributed by atoms with Crippen LogP contribution in [0.5, 0.6) is 0 Å². The summed E-state index contributed by atoms with van der Waals surface area (Å²) in [7, 11) is 1.82. The molecule has 17 heavy (non-hydrogen) atoms. The van der Waals surface area contributed by atoms with Gasteiger partial charge >= 0.3 is 0 Å². The maximum Gasteiger partial charge on any atom is 0.126 e. The first-order valence-electron chi connectivity index (χ1n) is 6.16. The molecule has 1 rings (SSSR count). The monoisotopic (exact) mass is 241 g/mol. The highest BCUT2D eigenvalue weighted by atomic mass is 19.1. The molecule has 0 radical (unpaired) electrons. The van der Waals surface area contributed by atoms with Gasteiger partial charge < -0.3 is 5.32 Å². The van der Waals surface area contributed by atoms with Gasteiger partial charge in [0.25, 0.3) is 0 Å². The van der Waals surface area contributed by atoms with E-state index in [4.69, 9.17) is 0 Å². The van der Waals surface area contributed by atoms with E-state index in [0.29, 0.717) is 11.5 Å². The van der Waals surface area contributed by atoms with Crippen LogP contribution >= 0.6 is 0 Å². The second-order valence-corrected chi connectivity index (χ2v) is 4.87. The van der Waals surface area contributed by atoms with Crippen LogP contribution in [0.15, 0.2) is 18.2 Å². The van der Waals surface area contributed by atoms with Gasteiger partial charge in [-0.3, -0.25) is 0 Å². The molecule has 1 aromatic carbocycles. The predicted octanol–water partition coefficient (Wildman–Crippen LogP) is 4.05. The Labute approximate surface area is 102 Å². The first kappa shape index (κ1) is 14.1. The molecule has 1 atom stereocenters. The van der Waals surface area contributed by atoms with E-state index in [1.807, 2.05) is 7.05 Å². The Morgan fingerprint density at radius 1 is 1.06 bits per heavy atom. The lowest BCUT2D eigenvalue weighted by Gasteiger charge is -2.17. The lowest BCUT2D eigenvalue weighted by atomic mass is 9.98. The Bertz CT molecular complexity index is 330. The van der Waals surface area contributed by atoms with Gasteiger partial charge in [-0.2, -0.15) is 0 Å². The minimum absolute atomic E-state index is 0.0268. The molecule has 0 spiro atoms. The van der Waals surface area contributed by atoms with Crippen LogP contribution in [0.1, 0.15) is 44.7 Å². The number of hydrogen-bond acceptors (Lipinski definition) is 1. The zero-order chi connectivity index (χ0) is 12.8. The highest BCUT2D eigenvalue weighted by molar-refractivity contribution is 5.21. The average Bonchev–Trinajstić information content (AvgIpc) is 2.22. The van der Waals surface area contributed by atoms with Crippen molar-refractivity contribution in [2.45, 2.75) is 39.2 Å². The fourth-order valence-corrected chi connectivity index (χ4v) is 1.98. The van der Waals surface area contributed by atoms with E-state index >= 15 is 0 Å². The van der Waals surface area contributed by atoms with Gasteiger partial charge in [0.1, 0.15) is 11.6 Å². The SMILES string of the molecule is CNC(CCCC(C)C)c1cc(F)cc(F)c1. The predicted molar refractivity (Wildman–Crippen MR) is 66.8 cm³/mol. The second-order valence-electron chi connectivity index (χ2n) is 4.87. The summed E-state index contributed by atoms with van der Waals surface area (Å²) in [5.74, 6) is -0.357. The fourth-order valence-electron chi connectivity index (χ4n) is 1.98. The lowest BCUT2D eigenvalue weighted by molar-refractivity contribution is 0.466. The number of rotatable bonds is 6. The third-order valence-electron chi connectivity index (χ3n) is 2.91. The molecular weight excluding hydrogens is 220 g/mol. The molecule has 0 amide bonds. The maximum atomic E-state index is 13.1. The normalized spacial score (nSPS) is 13.1. The molecule has 1 N–H and O–H groups in total. The van der Waals surface area contributed by atoms with Crippen molar-refractivity contribution in [1.82, 2.24) is 5.32 Å². The van der Waals surface area contributed by atoms with Crippen molar-refractivity contribution < 1.29 is 8.78 Å². The molecule has 0 aromatic heterocycles. The minimum Gasteiger partial charge on any atom is -0.313 e. The smallest absolute Gasteiger partial charge is 0.126 e. The fraction of sp³-hybridized carbons (Fsp3) is 0.571. The van der Waals surface area contributed by atoms with E-state index in [0.717, 1.165) is 25.3 Å². The van der Waals surface area contributed by atoms with Crippen LogP contribution in [0.25, 0.3) is 0 Å². The molecule has 0 aliphatic heterocycles. The van der Waals surface area contributed by atoms with Gasteiger partial charge in [0.2, 0.25) is 0 Å². The Morgan fingerprint density at radius 2 is 1.65 bits per heavy atom. The van der Waals surface area contributed by atoms with Gasteiger partial charge in [-0.1, -0.05) is 26.7 Å². The zero-order valence-electron chi connectivity index (χ0n) is 10.8. The molecule has 3 heteroatoms. The summed E-state index contributed by atoms with van der Waals surface area (Å²) in [5.41, 5.74) is 0.689. The Morgan fingerprint density at radius 3 is 2.12 bits per heavy atom. The van der Waals surface area contributed by atoms with Crippen molar-refractivity contribution in [2.75, 3.05) is 7.05 Å². The van der Waals surface area contributed by atoms with Crippen molar-refractivity contribution in [2.24, 2.45) is 5.92 Å². The number of benzene rings is 1. The van der Waals surface area contributed by atoms with Gasteiger partial charge in [0, 0.05) is 12.1 Å². The largest absolute Gasteiger partial charge is 0.313 e. The van der Waals surface area contributed by atoms with E-state index in [-0.39, 0.29) is 6.04 Å². The molecule has 96 valence electrons. The molecule has 1 nitrogen and oxygen atoms in total. The molecular formula is C14H21F2N. The van der Waals surface area contributed by atoms with Gasteiger partial charge in [-0.25, -0.2) is 8.78 Å². The summed E-state index contributed by atoms with van der Waals surface area (Å²) in [4.78, 5) is 0. The summed E-state index contributed by atoms with van der Waals surface area (Å²) in [6, 6.07) is 3.74. The van der Waals surface area contributed by atoms with Gasteiger partial charge in [-0.15, -0.1) is 0 Å². The van der Waals surface area contributed by atoms with Crippen LogP contribution in [0.2, 0.25) is 0 Å². The van der Waals surface area contributed by atoms with Gasteiger partial charge in [-0.05, 0) is 37.1 Å². The number of hydrogen-bond donors (Lipinski definition) is 1. The maximum absolute atomic E-state index is 13.1. The highest BCUT2D eigenvalue weighted by Crippen LogP contribution is 2.22. The molecule has 0 bridgehead atoms. The Hall–Kier alpha value is -0.960. The molecule has 0 aliphatic rings. The molecule has 1 unspecified atom stereocenters. The van der Waals surface area contributed by atoms with Gasteiger partial charge in [0.15, 0.2) is 0 Å². The van der Waals surface area contributed by atoms with Crippen LogP contribution < -0.4 is 5.32 Å². The van der Waals surface area contributed by atoms with Crippen molar-refractivity contribution in [3.05, 3.63) is 35.4 Å². The van der Waals surface area contributed by atoms with Crippen LogP contribution in [0.4, 0.5) is 8.78 Å². The molecule has 0 aliphatic carbocycles. The van der Waals surface area contributed by atoms with E-state index in [1.54, 1.807) is 0 Å². The first-order valence-corrected chi connectivity index (χ1v) is 6.16. The van der Waals surface area contributed by atoms with Crippen molar-refractivity contribution in [3.8, 4) is 0 Å². The highest BCUT2D eigenvalue weighted by Gasteiger charge is 2.11. The Kier molecular flexibility index (Phi) is 5.56. The van der Waals surface area contributed by atoms with Crippen molar-refractivity contribution >= 4 is 0 Å². The molecule has 1 aromatic rings. The van der Waals surface area contributed by atoms with Crippen LogP contribution in [0.3, 0.4) is 0 Å². The zero-order valence-corrected chi connectivity index (χ0v) is 10.8. The number of nitrogens with one attached hydrogen (secondary N) is 1. The Balaban J connectivity index is 2.65. The molecule has 0 fully saturated rings. The molecule has 0 saturated heterocycles. The van der Waals surface area contributed by atoms with Crippen molar-refractivity contribution in [1.29, 1.82) is 0 Å². The summed E-state index contributed by atoms with van der Waals surface area (Å²) < 4.78 is 26.2. The molecule has 0 saturated carbocycles.